The van der Waals surface area contributed by atoms with Crippen LogP contribution in [0.5, 0.6) is 0 Å². The average molecular weight is 389 g/mol. The molecule has 142 valence electrons. The first kappa shape index (κ1) is 19.2. The summed E-state index contributed by atoms with van der Waals surface area (Å²) in [6, 6.07) is 5.85. The van der Waals surface area contributed by atoms with Gasteiger partial charge in [-0.25, -0.2) is 14.2 Å². The number of methoxy groups -OCH3 is 1. The lowest BCUT2D eigenvalue weighted by Gasteiger charge is -2.28. The van der Waals surface area contributed by atoms with Crippen LogP contribution in [0.3, 0.4) is 0 Å². The number of fused-ring (bicyclic) bond motifs is 1. The average Bonchev–Trinajstić information content (AvgIpc) is 2.64. The van der Waals surface area contributed by atoms with E-state index >= 15 is 0 Å². The molecule has 0 unspecified atom stereocenters. The molecular formula is C19H20FN3O3S. The van der Waals surface area contributed by atoms with E-state index in [0.29, 0.717) is 22.2 Å². The van der Waals surface area contributed by atoms with Crippen LogP contribution >= 0.6 is 11.8 Å². The van der Waals surface area contributed by atoms with Gasteiger partial charge in [-0.3, -0.25) is 4.79 Å². The fraction of sp³-hybridized carbons (Fsp3) is 0.316. The van der Waals surface area contributed by atoms with Crippen molar-refractivity contribution in [3.63, 3.8) is 0 Å². The summed E-state index contributed by atoms with van der Waals surface area (Å²) >= 11 is 1.45. The van der Waals surface area contributed by atoms with E-state index in [2.05, 4.69) is 15.3 Å². The molecule has 2 aromatic rings. The number of carbonyl (C=O) groups is 1. The molecule has 1 aliphatic rings. The first-order chi connectivity index (χ1) is 13.0. The predicted octanol–water partition coefficient (Wildman–Crippen LogP) is 3.42. The monoisotopic (exact) mass is 389 g/mol. The number of nitrogens with zero attached hydrogens (tertiary/aromatic N) is 1. The topological polar surface area (TPSA) is 84.1 Å². The first-order valence-corrected chi connectivity index (χ1v) is 9.53. The van der Waals surface area contributed by atoms with E-state index in [0.717, 1.165) is 12.2 Å². The fourth-order valence-electron chi connectivity index (χ4n) is 3.10. The van der Waals surface area contributed by atoms with Crippen molar-refractivity contribution in [3.8, 4) is 0 Å². The van der Waals surface area contributed by atoms with Crippen molar-refractivity contribution in [3.05, 3.63) is 62.8 Å². The number of ether oxygens (including phenoxy) is 1. The minimum atomic E-state index is -0.772. The Balaban J connectivity index is 2.21. The van der Waals surface area contributed by atoms with Gasteiger partial charge in [-0.15, -0.1) is 0 Å². The number of thioether (sulfide) groups is 1. The van der Waals surface area contributed by atoms with Gasteiger partial charge >= 0.3 is 5.97 Å². The second-order valence-corrected chi connectivity index (χ2v) is 7.21. The van der Waals surface area contributed by atoms with Gasteiger partial charge in [-0.1, -0.05) is 30.8 Å². The SMILES string of the molecule is CCCSc1nc2c(c(=O)[nH]1)[C@H](c1cccc(F)c1)C(C(=O)OC)=C(C)N2. The van der Waals surface area contributed by atoms with Gasteiger partial charge in [0.1, 0.15) is 11.6 Å². The Morgan fingerprint density at radius 2 is 2.19 bits per heavy atom. The molecule has 1 aliphatic heterocycles. The molecule has 0 radical (unpaired) electrons. The van der Waals surface area contributed by atoms with Crippen molar-refractivity contribution in [1.82, 2.24) is 9.97 Å². The summed E-state index contributed by atoms with van der Waals surface area (Å²) in [6.07, 6.45) is 0.941. The summed E-state index contributed by atoms with van der Waals surface area (Å²) in [5.74, 6) is -0.613. The zero-order valence-electron chi connectivity index (χ0n) is 15.3. The molecule has 6 nitrogen and oxygen atoms in total. The van der Waals surface area contributed by atoms with Gasteiger partial charge in [0.2, 0.25) is 0 Å². The third-order valence-electron chi connectivity index (χ3n) is 4.25. The third-order valence-corrected chi connectivity index (χ3v) is 5.33. The number of aromatic nitrogens is 2. The highest BCUT2D eigenvalue weighted by Gasteiger charge is 2.36. The molecule has 0 aliphatic carbocycles. The minimum Gasteiger partial charge on any atom is -0.466 e. The van der Waals surface area contributed by atoms with Gasteiger partial charge < -0.3 is 15.0 Å². The minimum absolute atomic E-state index is 0.261. The summed E-state index contributed by atoms with van der Waals surface area (Å²) in [5, 5.41) is 3.54. The summed E-state index contributed by atoms with van der Waals surface area (Å²) in [7, 11) is 1.27. The van der Waals surface area contributed by atoms with Crippen LogP contribution in [0.4, 0.5) is 10.2 Å². The van der Waals surface area contributed by atoms with Crippen LogP contribution in [0.2, 0.25) is 0 Å². The maximum atomic E-state index is 13.9. The Bertz CT molecular complexity index is 971. The number of esters is 1. The summed E-state index contributed by atoms with van der Waals surface area (Å²) < 4.78 is 18.8. The van der Waals surface area contributed by atoms with Gasteiger partial charge in [0.15, 0.2) is 5.16 Å². The van der Waals surface area contributed by atoms with Crippen LogP contribution in [0.25, 0.3) is 0 Å². The zero-order valence-corrected chi connectivity index (χ0v) is 16.1. The van der Waals surface area contributed by atoms with Gasteiger partial charge in [0.25, 0.3) is 5.56 Å². The molecule has 1 aromatic carbocycles. The van der Waals surface area contributed by atoms with Crippen molar-refractivity contribution in [2.75, 3.05) is 18.2 Å². The van der Waals surface area contributed by atoms with Crippen LogP contribution in [0, 0.1) is 5.82 Å². The highest BCUT2D eigenvalue weighted by molar-refractivity contribution is 7.99. The summed E-state index contributed by atoms with van der Waals surface area (Å²) in [6.45, 7) is 3.75. The van der Waals surface area contributed by atoms with Crippen LogP contribution in [0.15, 0.2) is 45.5 Å². The third kappa shape index (κ3) is 3.75. The molecule has 0 fully saturated rings. The van der Waals surface area contributed by atoms with E-state index in [1.807, 2.05) is 6.92 Å². The van der Waals surface area contributed by atoms with E-state index in [9.17, 15) is 14.0 Å². The molecule has 2 N–H and O–H groups in total. The van der Waals surface area contributed by atoms with Crippen LogP contribution in [-0.4, -0.2) is 28.8 Å². The maximum absolute atomic E-state index is 13.9. The van der Waals surface area contributed by atoms with E-state index < -0.39 is 17.7 Å². The summed E-state index contributed by atoms with van der Waals surface area (Å²) in [4.78, 5) is 32.5. The lowest BCUT2D eigenvalue weighted by Crippen LogP contribution is -2.31. The highest BCUT2D eigenvalue weighted by atomic mass is 32.2. The smallest absolute Gasteiger partial charge is 0.336 e. The molecule has 3 rings (SSSR count). The molecule has 1 aromatic heterocycles. The second kappa shape index (κ2) is 7.96. The quantitative estimate of drug-likeness (QED) is 0.463. The van der Waals surface area contributed by atoms with Crippen LogP contribution < -0.4 is 10.9 Å². The molecule has 0 saturated carbocycles. The Labute approximate surface area is 160 Å². The molecule has 27 heavy (non-hydrogen) atoms. The number of hydrogen-bond donors (Lipinski definition) is 2. The number of rotatable bonds is 5. The Hall–Kier alpha value is -2.61. The lowest BCUT2D eigenvalue weighted by molar-refractivity contribution is -0.136. The summed E-state index contributed by atoms with van der Waals surface area (Å²) in [5.41, 5.74) is 1.17. The fourth-order valence-corrected chi connectivity index (χ4v) is 3.82. The number of halogens is 1. The number of benzene rings is 1. The van der Waals surface area contributed by atoms with Gasteiger partial charge in [0, 0.05) is 11.4 Å². The van der Waals surface area contributed by atoms with E-state index in [-0.39, 0.29) is 16.7 Å². The van der Waals surface area contributed by atoms with Gasteiger partial charge in [-0.2, -0.15) is 0 Å². The molecule has 1 atom stereocenters. The van der Waals surface area contributed by atoms with Crippen molar-refractivity contribution >= 4 is 23.5 Å². The number of anilines is 1. The number of hydrogen-bond acceptors (Lipinski definition) is 6. The number of allylic oxidation sites excluding steroid dienone is 1. The molecule has 0 spiro atoms. The maximum Gasteiger partial charge on any atom is 0.336 e. The zero-order chi connectivity index (χ0) is 19.6. The number of nitrogens with one attached hydrogen (secondary N) is 2. The largest absolute Gasteiger partial charge is 0.466 e. The second-order valence-electron chi connectivity index (χ2n) is 6.13. The number of H-pyrrole nitrogens is 1. The van der Waals surface area contributed by atoms with E-state index in [1.165, 1.54) is 31.0 Å². The highest BCUT2D eigenvalue weighted by Crippen LogP contribution is 2.40. The van der Waals surface area contributed by atoms with E-state index in [1.54, 1.807) is 19.1 Å². The van der Waals surface area contributed by atoms with Crippen LogP contribution in [-0.2, 0) is 9.53 Å². The lowest BCUT2D eigenvalue weighted by atomic mass is 9.82. The first-order valence-electron chi connectivity index (χ1n) is 8.54. The molecule has 0 amide bonds. The normalized spacial score (nSPS) is 15.9. The Morgan fingerprint density at radius 3 is 2.85 bits per heavy atom. The molecule has 2 heterocycles. The molecule has 8 heteroatoms. The molecule has 0 bridgehead atoms. The van der Waals surface area contributed by atoms with Crippen molar-refractivity contribution in [2.24, 2.45) is 0 Å². The standard InChI is InChI=1S/C19H20FN3O3S/c1-4-8-27-19-22-16-15(17(24)23-19)14(11-6-5-7-12(20)9-11)13(10(2)21-16)18(25)26-3/h5-7,9,14H,4,8H2,1-3H3,(H2,21,22,23,24)/t14-/m1/s1. The Morgan fingerprint density at radius 1 is 1.41 bits per heavy atom. The van der Waals surface area contributed by atoms with Crippen molar-refractivity contribution in [2.45, 2.75) is 31.3 Å². The Kier molecular flexibility index (Phi) is 5.65. The number of aromatic amines is 1. The van der Waals surface area contributed by atoms with Crippen LogP contribution in [0.1, 0.15) is 37.3 Å². The predicted molar refractivity (Wildman–Crippen MR) is 102 cm³/mol. The number of carbonyl (C=O) groups excluding carboxylic acids is 1. The van der Waals surface area contributed by atoms with Crippen molar-refractivity contribution in [1.29, 1.82) is 0 Å². The van der Waals surface area contributed by atoms with Gasteiger partial charge in [0.05, 0.1) is 24.2 Å². The van der Waals surface area contributed by atoms with E-state index in [4.69, 9.17) is 4.74 Å². The van der Waals surface area contributed by atoms with Crippen molar-refractivity contribution < 1.29 is 13.9 Å². The molecular weight excluding hydrogens is 369 g/mol. The van der Waals surface area contributed by atoms with Gasteiger partial charge in [-0.05, 0) is 31.0 Å². The molecule has 0 saturated heterocycles.